The first-order chi connectivity index (χ1) is 15.5. The predicted octanol–water partition coefficient (Wildman–Crippen LogP) is 5.45. The molecule has 32 heavy (non-hydrogen) atoms. The highest BCUT2D eigenvalue weighted by atomic mass is 19.1. The van der Waals surface area contributed by atoms with Crippen molar-refractivity contribution in [3.8, 4) is 5.75 Å². The molecule has 0 saturated carbocycles. The molecule has 5 heteroatoms. The lowest BCUT2D eigenvalue weighted by atomic mass is 9.99. The van der Waals surface area contributed by atoms with Crippen molar-refractivity contribution in [3.63, 3.8) is 0 Å². The van der Waals surface area contributed by atoms with E-state index < -0.39 is 0 Å². The van der Waals surface area contributed by atoms with Crippen LogP contribution in [0, 0.1) is 12.7 Å². The maximum atomic E-state index is 13.7. The van der Waals surface area contributed by atoms with Crippen molar-refractivity contribution in [2.24, 2.45) is 0 Å². The first-order valence-corrected chi connectivity index (χ1v) is 11.0. The molecular formula is C27H29FN2O2. The van der Waals surface area contributed by atoms with Crippen molar-refractivity contribution >= 4 is 11.6 Å². The molecule has 1 aliphatic rings. The smallest absolute Gasteiger partial charge is 0.262 e. The minimum atomic E-state index is -0.314. The lowest BCUT2D eigenvalue weighted by molar-refractivity contribution is 0.0955. The number of benzene rings is 3. The molecule has 0 aliphatic carbocycles. The van der Waals surface area contributed by atoms with Crippen LogP contribution in [0.1, 0.15) is 34.3 Å². The summed E-state index contributed by atoms with van der Waals surface area (Å²) in [6.07, 6.45) is 1.70. The Bertz CT molecular complexity index is 1060. The van der Waals surface area contributed by atoms with E-state index in [1.54, 1.807) is 31.4 Å². The number of amides is 1. The van der Waals surface area contributed by atoms with Gasteiger partial charge in [-0.05, 0) is 61.7 Å². The molecule has 0 radical (unpaired) electrons. The zero-order chi connectivity index (χ0) is 22.5. The quantitative estimate of drug-likeness (QED) is 0.519. The summed E-state index contributed by atoms with van der Waals surface area (Å²) in [6, 6.07) is 22.1. The second-order valence-electron chi connectivity index (χ2n) is 8.35. The van der Waals surface area contributed by atoms with Crippen LogP contribution in [0.3, 0.4) is 0 Å². The number of nitrogens with zero attached hydrogens (tertiary/aromatic N) is 2. The second-order valence-corrected chi connectivity index (χ2v) is 8.35. The molecule has 4 nitrogen and oxygen atoms in total. The molecule has 0 bridgehead atoms. The predicted molar refractivity (Wildman–Crippen MR) is 126 cm³/mol. The molecule has 166 valence electrons. The second kappa shape index (κ2) is 9.96. The van der Waals surface area contributed by atoms with Crippen LogP contribution in [0.2, 0.25) is 0 Å². The lowest BCUT2D eigenvalue weighted by Crippen LogP contribution is -2.47. The van der Waals surface area contributed by atoms with Gasteiger partial charge in [-0.25, -0.2) is 4.39 Å². The van der Waals surface area contributed by atoms with Crippen LogP contribution in [-0.4, -0.2) is 37.0 Å². The van der Waals surface area contributed by atoms with Gasteiger partial charge in [0, 0.05) is 31.4 Å². The normalized spacial score (nSPS) is 14.8. The van der Waals surface area contributed by atoms with E-state index in [0.717, 1.165) is 32.5 Å². The minimum Gasteiger partial charge on any atom is -0.496 e. The van der Waals surface area contributed by atoms with E-state index >= 15 is 0 Å². The average Bonchev–Trinajstić information content (AvgIpc) is 2.81. The molecule has 3 aromatic rings. The minimum absolute atomic E-state index is 0.0339. The van der Waals surface area contributed by atoms with E-state index in [9.17, 15) is 9.18 Å². The Morgan fingerprint density at radius 1 is 1.03 bits per heavy atom. The number of hydrogen-bond acceptors (Lipinski definition) is 3. The standard InChI is InChI=1S/C27H29FN2O2/c1-20-6-5-7-21(18-20)19-29-16-14-24(15-17-29)30(23-12-10-22(28)11-13-23)27(31)25-8-3-4-9-26(25)32-2/h3-13,18,24H,14-17,19H2,1-2H3. The number of para-hydroxylation sites is 1. The molecule has 1 fully saturated rings. The molecule has 0 aromatic heterocycles. The number of carbonyl (C=O) groups is 1. The van der Waals surface area contributed by atoms with Crippen LogP contribution < -0.4 is 9.64 Å². The third kappa shape index (κ3) is 5.00. The molecule has 0 unspecified atom stereocenters. The Morgan fingerprint density at radius 3 is 2.44 bits per heavy atom. The van der Waals surface area contributed by atoms with Crippen LogP contribution >= 0.6 is 0 Å². The Balaban J connectivity index is 1.54. The van der Waals surface area contributed by atoms with Gasteiger partial charge < -0.3 is 9.64 Å². The van der Waals surface area contributed by atoms with Crippen LogP contribution in [-0.2, 0) is 6.54 Å². The summed E-state index contributed by atoms with van der Waals surface area (Å²) >= 11 is 0. The van der Waals surface area contributed by atoms with E-state index in [-0.39, 0.29) is 17.8 Å². The molecule has 1 heterocycles. The van der Waals surface area contributed by atoms with Crippen molar-refractivity contribution in [3.05, 3.63) is 95.3 Å². The third-order valence-corrected chi connectivity index (χ3v) is 6.07. The van der Waals surface area contributed by atoms with E-state index in [1.807, 2.05) is 17.0 Å². The molecule has 0 N–H and O–H groups in total. The molecule has 0 atom stereocenters. The van der Waals surface area contributed by atoms with Crippen molar-refractivity contribution in [2.75, 3.05) is 25.1 Å². The van der Waals surface area contributed by atoms with Gasteiger partial charge in [0.05, 0.1) is 12.7 Å². The molecular weight excluding hydrogens is 403 g/mol. The fraction of sp³-hybridized carbons (Fsp3) is 0.296. The zero-order valence-corrected chi connectivity index (χ0v) is 18.6. The summed E-state index contributed by atoms with van der Waals surface area (Å²) in [5, 5.41) is 0. The van der Waals surface area contributed by atoms with Gasteiger partial charge >= 0.3 is 0 Å². The first-order valence-electron chi connectivity index (χ1n) is 11.0. The summed E-state index contributed by atoms with van der Waals surface area (Å²) in [4.78, 5) is 17.9. The molecule has 4 rings (SSSR count). The van der Waals surface area contributed by atoms with Crippen LogP contribution in [0.25, 0.3) is 0 Å². The average molecular weight is 433 g/mol. The van der Waals surface area contributed by atoms with E-state index in [4.69, 9.17) is 4.74 Å². The van der Waals surface area contributed by atoms with Crippen LogP contribution in [0.4, 0.5) is 10.1 Å². The van der Waals surface area contributed by atoms with Crippen LogP contribution in [0.5, 0.6) is 5.75 Å². The fourth-order valence-corrected chi connectivity index (χ4v) is 4.45. The molecule has 0 spiro atoms. The van der Waals surface area contributed by atoms with Gasteiger partial charge in [0.25, 0.3) is 5.91 Å². The topological polar surface area (TPSA) is 32.8 Å². The van der Waals surface area contributed by atoms with E-state index in [2.05, 4.69) is 36.1 Å². The maximum Gasteiger partial charge on any atom is 0.262 e. The summed E-state index contributed by atoms with van der Waals surface area (Å²) in [6.45, 7) is 4.82. The van der Waals surface area contributed by atoms with Gasteiger partial charge in [0.15, 0.2) is 0 Å². The number of hydrogen-bond donors (Lipinski definition) is 0. The number of likely N-dealkylation sites (tertiary alicyclic amines) is 1. The number of halogens is 1. The number of rotatable bonds is 6. The van der Waals surface area contributed by atoms with Gasteiger partial charge in [-0.2, -0.15) is 0 Å². The lowest BCUT2D eigenvalue weighted by Gasteiger charge is -2.39. The molecule has 3 aromatic carbocycles. The highest BCUT2D eigenvalue weighted by Gasteiger charge is 2.31. The fourth-order valence-electron chi connectivity index (χ4n) is 4.45. The number of ether oxygens (including phenoxy) is 1. The zero-order valence-electron chi connectivity index (χ0n) is 18.6. The summed E-state index contributed by atoms with van der Waals surface area (Å²) in [5.74, 6) is 0.110. The van der Waals surface area contributed by atoms with Crippen molar-refractivity contribution in [1.82, 2.24) is 4.90 Å². The monoisotopic (exact) mass is 432 g/mol. The van der Waals surface area contributed by atoms with E-state index in [0.29, 0.717) is 17.0 Å². The number of anilines is 1. The van der Waals surface area contributed by atoms with Gasteiger partial charge in [-0.3, -0.25) is 9.69 Å². The Hall–Kier alpha value is -3.18. The summed E-state index contributed by atoms with van der Waals surface area (Å²) in [7, 11) is 1.57. The molecule has 1 saturated heterocycles. The molecule has 1 amide bonds. The SMILES string of the molecule is COc1ccccc1C(=O)N(c1ccc(F)cc1)C1CCN(Cc2cccc(C)c2)CC1. The number of piperidine rings is 1. The van der Waals surface area contributed by atoms with Crippen molar-refractivity contribution < 1.29 is 13.9 Å². The van der Waals surface area contributed by atoms with Gasteiger partial charge in [0.1, 0.15) is 11.6 Å². The first kappa shape index (κ1) is 22.0. The number of carbonyl (C=O) groups excluding carboxylic acids is 1. The number of aryl methyl sites for hydroxylation is 1. The summed E-state index contributed by atoms with van der Waals surface area (Å²) < 4.78 is 19.0. The highest BCUT2D eigenvalue weighted by Crippen LogP contribution is 2.29. The van der Waals surface area contributed by atoms with Crippen LogP contribution in [0.15, 0.2) is 72.8 Å². The number of methoxy groups -OCH3 is 1. The van der Waals surface area contributed by atoms with Gasteiger partial charge in [0.2, 0.25) is 0 Å². The highest BCUT2D eigenvalue weighted by molar-refractivity contribution is 6.08. The Morgan fingerprint density at radius 2 is 1.75 bits per heavy atom. The van der Waals surface area contributed by atoms with Crippen molar-refractivity contribution in [2.45, 2.75) is 32.4 Å². The summed E-state index contributed by atoms with van der Waals surface area (Å²) in [5.41, 5.74) is 3.80. The Kier molecular flexibility index (Phi) is 6.86. The third-order valence-electron chi connectivity index (χ3n) is 6.07. The maximum absolute atomic E-state index is 13.7. The van der Waals surface area contributed by atoms with Crippen molar-refractivity contribution in [1.29, 1.82) is 0 Å². The van der Waals surface area contributed by atoms with Gasteiger partial charge in [-0.1, -0.05) is 42.0 Å². The molecule has 1 aliphatic heterocycles. The largest absolute Gasteiger partial charge is 0.496 e. The van der Waals surface area contributed by atoms with Gasteiger partial charge in [-0.15, -0.1) is 0 Å². The van der Waals surface area contributed by atoms with E-state index in [1.165, 1.54) is 23.3 Å². The Labute approximate surface area is 189 Å².